The van der Waals surface area contributed by atoms with Crippen molar-refractivity contribution >= 4 is 17.9 Å². The van der Waals surface area contributed by atoms with Gasteiger partial charge < -0.3 is 28.5 Å². The molecule has 0 fully saturated rings. The van der Waals surface area contributed by atoms with Crippen LogP contribution < -0.4 is 0 Å². The van der Waals surface area contributed by atoms with E-state index in [0.717, 1.165) is 89.9 Å². The van der Waals surface area contributed by atoms with Crippen molar-refractivity contribution in [1.29, 1.82) is 0 Å². The molecule has 0 amide bonds. The number of aliphatic carboxylic acids is 1. The molecule has 103 heavy (non-hydrogen) atoms. The zero-order valence-electron chi connectivity index (χ0n) is 68.5. The molecular formula is C94H168NO8+. The molecule has 0 aromatic carbocycles. The molecule has 0 aromatic heterocycles. The average molecular weight is 1440 g/mol. The molecule has 0 radical (unpaired) electrons. The molecule has 0 aliphatic rings. The lowest BCUT2D eigenvalue weighted by Gasteiger charge is -2.25. The van der Waals surface area contributed by atoms with Crippen molar-refractivity contribution in [2.75, 3.05) is 47.5 Å². The minimum absolute atomic E-state index is 0.179. The van der Waals surface area contributed by atoms with Crippen LogP contribution in [0.25, 0.3) is 0 Å². The fraction of sp³-hybridized carbons (Fsp3) is 0.777. The van der Waals surface area contributed by atoms with E-state index in [1.54, 1.807) is 0 Å². The summed E-state index contributed by atoms with van der Waals surface area (Å²) in [5.74, 6) is -1.98. The van der Waals surface area contributed by atoms with Crippen LogP contribution in [0.5, 0.6) is 0 Å². The highest BCUT2D eigenvalue weighted by molar-refractivity contribution is 5.71. The van der Waals surface area contributed by atoms with Crippen LogP contribution in [0.4, 0.5) is 0 Å². The summed E-state index contributed by atoms with van der Waals surface area (Å²) in [5.41, 5.74) is 0. The number of quaternary nitrogens is 1. The Morgan fingerprint density at radius 3 is 0.825 bits per heavy atom. The predicted molar refractivity (Wildman–Crippen MR) is 447 cm³/mol. The van der Waals surface area contributed by atoms with E-state index in [-0.39, 0.29) is 38.2 Å². The summed E-state index contributed by atoms with van der Waals surface area (Å²) >= 11 is 0. The quantitative estimate of drug-likeness (QED) is 0.0211. The van der Waals surface area contributed by atoms with E-state index < -0.39 is 18.4 Å². The highest BCUT2D eigenvalue weighted by Gasteiger charge is 2.25. The van der Waals surface area contributed by atoms with E-state index in [9.17, 15) is 19.5 Å². The van der Waals surface area contributed by atoms with Gasteiger partial charge in [0.2, 0.25) is 0 Å². The maximum atomic E-state index is 13.0. The molecule has 0 aliphatic heterocycles. The van der Waals surface area contributed by atoms with Gasteiger partial charge in [-0.3, -0.25) is 9.59 Å². The Bertz CT molecular complexity index is 2070. The minimum Gasteiger partial charge on any atom is -0.477 e. The van der Waals surface area contributed by atoms with Gasteiger partial charge in [0.15, 0.2) is 6.10 Å². The van der Waals surface area contributed by atoms with Crippen LogP contribution in [0.1, 0.15) is 412 Å². The summed E-state index contributed by atoms with van der Waals surface area (Å²) in [4.78, 5) is 37.8. The lowest BCUT2D eigenvalue weighted by Crippen LogP contribution is -2.40. The highest BCUT2D eigenvalue weighted by Crippen LogP contribution is 2.20. The van der Waals surface area contributed by atoms with Crippen LogP contribution in [-0.4, -0.2) is 87.4 Å². The number of carbonyl (C=O) groups excluding carboxylic acids is 2. The second-order valence-electron chi connectivity index (χ2n) is 30.8. The number of hydrogen-bond acceptors (Lipinski definition) is 7. The zero-order valence-corrected chi connectivity index (χ0v) is 68.5. The third-order valence-corrected chi connectivity index (χ3v) is 19.5. The molecule has 0 rings (SSSR count). The monoisotopic (exact) mass is 1440 g/mol. The second-order valence-corrected chi connectivity index (χ2v) is 30.8. The van der Waals surface area contributed by atoms with Crippen LogP contribution in [0, 0.1) is 0 Å². The molecule has 2 atom stereocenters. The van der Waals surface area contributed by atoms with Gasteiger partial charge in [-0.15, -0.1) is 0 Å². The van der Waals surface area contributed by atoms with Crippen molar-refractivity contribution in [2.45, 2.75) is 424 Å². The lowest BCUT2D eigenvalue weighted by molar-refractivity contribution is -0.870. The minimum atomic E-state index is -1.51. The molecule has 9 heteroatoms. The normalized spacial score (nSPS) is 13.1. The molecule has 0 bridgehead atoms. The summed E-state index contributed by atoms with van der Waals surface area (Å²) in [6.45, 7) is 4.81. The topological polar surface area (TPSA) is 108 Å². The van der Waals surface area contributed by atoms with Crippen molar-refractivity contribution in [1.82, 2.24) is 0 Å². The SMILES string of the molecule is CC/C=C\C/C=C\C/C=C\C/C=C\C/C=C\C/C=C\CCCCCCCCCCCCCCCCCCCCCCC(=O)OC(COC(=O)CCCCCCCCCCCCCCCCCCCCCCCCCC/C=C\C/C=C\C/C=C\CCCCCCC)COC(OCC[N+](C)(C)C)C(=O)O. The van der Waals surface area contributed by atoms with Gasteiger partial charge in [0.1, 0.15) is 13.2 Å². The van der Waals surface area contributed by atoms with Crippen LogP contribution in [0.15, 0.2) is 109 Å². The van der Waals surface area contributed by atoms with Crippen LogP contribution in [0.3, 0.4) is 0 Å². The van der Waals surface area contributed by atoms with E-state index in [0.29, 0.717) is 17.4 Å². The molecule has 0 aliphatic carbocycles. The summed E-state index contributed by atoms with van der Waals surface area (Å²) in [6, 6.07) is 0. The van der Waals surface area contributed by atoms with Crippen molar-refractivity contribution in [3.63, 3.8) is 0 Å². The number of hydrogen-bond donors (Lipinski definition) is 1. The van der Waals surface area contributed by atoms with Gasteiger partial charge in [0.25, 0.3) is 6.29 Å². The molecule has 2 unspecified atom stereocenters. The molecule has 1 N–H and O–H groups in total. The highest BCUT2D eigenvalue weighted by atomic mass is 16.7. The summed E-state index contributed by atoms with van der Waals surface area (Å²) < 4.78 is 23.1. The average Bonchev–Trinajstić information content (AvgIpc) is 0.985. The van der Waals surface area contributed by atoms with Gasteiger partial charge in [0.05, 0.1) is 34.4 Å². The van der Waals surface area contributed by atoms with Gasteiger partial charge in [0, 0.05) is 12.8 Å². The summed E-state index contributed by atoms with van der Waals surface area (Å²) in [7, 11) is 6.00. The molecule has 0 spiro atoms. The first-order valence-corrected chi connectivity index (χ1v) is 44.1. The Morgan fingerprint density at radius 1 is 0.301 bits per heavy atom. The summed E-state index contributed by atoms with van der Waals surface area (Å²) in [5, 5.41) is 9.79. The van der Waals surface area contributed by atoms with E-state index in [1.807, 2.05) is 21.1 Å². The molecule has 596 valence electrons. The van der Waals surface area contributed by atoms with Gasteiger partial charge in [-0.2, -0.15) is 0 Å². The lowest BCUT2D eigenvalue weighted by atomic mass is 10.0. The van der Waals surface area contributed by atoms with Crippen molar-refractivity contribution < 1.29 is 42.9 Å². The maximum absolute atomic E-state index is 13.0. The van der Waals surface area contributed by atoms with Crippen LogP contribution in [0.2, 0.25) is 0 Å². The zero-order chi connectivity index (χ0) is 74.6. The summed E-state index contributed by atoms with van der Waals surface area (Å²) in [6.07, 6.45) is 116. The Labute approximate surface area is 638 Å². The Balaban J connectivity index is 3.94. The molecule has 0 saturated heterocycles. The molecule has 9 nitrogen and oxygen atoms in total. The van der Waals surface area contributed by atoms with Crippen molar-refractivity contribution in [3.8, 4) is 0 Å². The Morgan fingerprint density at radius 2 is 0.553 bits per heavy atom. The van der Waals surface area contributed by atoms with Gasteiger partial charge in [-0.25, -0.2) is 4.79 Å². The van der Waals surface area contributed by atoms with Crippen molar-refractivity contribution in [2.24, 2.45) is 0 Å². The molecule has 0 heterocycles. The largest absolute Gasteiger partial charge is 0.477 e. The predicted octanol–water partition coefficient (Wildman–Crippen LogP) is 28.8. The number of carboxylic acid groups (broad SMARTS) is 1. The number of rotatable bonds is 82. The first-order valence-electron chi connectivity index (χ1n) is 44.1. The number of allylic oxidation sites excluding steroid dienone is 18. The third-order valence-electron chi connectivity index (χ3n) is 19.5. The van der Waals surface area contributed by atoms with E-state index in [2.05, 4.69) is 123 Å². The fourth-order valence-electron chi connectivity index (χ4n) is 12.9. The van der Waals surface area contributed by atoms with Gasteiger partial charge >= 0.3 is 17.9 Å². The maximum Gasteiger partial charge on any atom is 0.361 e. The fourth-order valence-corrected chi connectivity index (χ4v) is 12.9. The number of likely N-dealkylation sites (N-methyl/N-ethyl adjacent to an activating group) is 1. The first kappa shape index (κ1) is 98.9. The first-order chi connectivity index (χ1) is 50.6. The van der Waals surface area contributed by atoms with Gasteiger partial charge in [-0.1, -0.05) is 406 Å². The number of nitrogens with zero attached hydrogens (tertiary/aromatic N) is 1. The van der Waals surface area contributed by atoms with Crippen LogP contribution in [-0.2, 0) is 33.3 Å². The second kappa shape index (κ2) is 83.6. The van der Waals surface area contributed by atoms with Crippen LogP contribution >= 0.6 is 0 Å². The number of esters is 2. The Hall–Kier alpha value is -4.05. The number of unbranched alkanes of at least 4 members (excludes halogenated alkanes) is 49. The van der Waals surface area contributed by atoms with E-state index in [4.69, 9.17) is 18.9 Å². The number of carboxylic acids is 1. The van der Waals surface area contributed by atoms with Crippen molar-refractivity contribution in [3.05, 3.63) is 109 Å². The third kappa shape index (κ3) is 85.1. The number of ether oxygens (including phenoxy) is 4. The van der Waals surface area contributed by atoms with E-state index >= 15 is 0 Å². The molecule has 0 aromatic rings. The molecular weight excluding hydrogens is 1270 g/mol. The smallest absolute Gasteiger partial charge is 0.361 e. The van der Waals surface area contributed by atoms with Gasteiger partial charge in [-0.05, 0) is 103 Å². The number of carbonyl (C=O) groups is 3. The molecule has 0 saturated carbocycles. The Kier molecular flexibility index (Phi) is 80.3. The standard InChI is InChI=1S/C94H167NO8/c1-6-8-10-12-14-16-18-20-22-24-26-28-30-32-34-36-38-40-42-44-46-48-50-52-54-56-58-60-62-64-66-68-70-72-74-76-78-80-82-84-91(96)101-88-90(89-102-94(93(98)99)100-87-86-95(3,4)5)103-92(97)85-83-81-79-77-75-73-71-69-67-65-63-61-59-57-55-53-51-49-47-45-43-41-39-37-35-33-31-29-27-25-23-21-19-17-15-13-11-9-7-2/h9,11,15,17-18,20-21,23-24,26-27,29-30,32-33,35,39,41,90,94H,6-8,10,12-14,16,19,22,25,28,31,34,36-38,40,42-89H2,1-5H3/p+1/b11-9-,17-15-,20-18-,23-21-,26-24-,29-27-,32-30-,35-33-,41-39-. The van der Waals surface area contributed by atoms with E-state index in [1.165, 1.54) is 295 Å².